The van der Waals surface area contributed by atoms with Gasteiger partial charge in [0.2, 0.25) is 5.88 Å². The molecule has 3 aromatic rings. The van der Waals surface area contributed by atoms with Crippen LogP contribution >= 0.6 is 0 Å². The molecular formula is C37H49FN6O3. The summed E-state index contributed by atoms with van der Waals surface area (Å²) in [4.78, 5) is 25.4. The van der Waals surface area contributed by atoms with Crippen molar-refractivity contribution in [2.24, 2.45) is 5.73 Å². The number of aromatic nitrogens is 1. The lowest BCUT2D eigenvalue weighted by atomic mass is 9.91. The first-order chi connectivity index (χ1) is 23.0. The molecular weight excluding hydrogens is 595 g/mol. The molecule has 0 unspecified atom stereocenters. The summed E-state index contributed by atoms with van der Waals surface area (Å²) in [5.41, 5.74) is 10.4. The van der Waals surface area contributed by atoms with Gasteiger partial charge in [0.15, 0.2) is 0 Å². The van der Waals surface area contributed by atoms with Crippen molar-refractivity contribution >= 4 is 5.91 Å². The van der Waals surface area contributed by atoms with E-state index in [0.29, 0.717) is 32.1 Å². The number of benzene rings is 2. The Morgan fingerprint density at radius 2 is 1.66 bits per heavy atom. The summed E-state index contributed by atoms with van der Waals surface area (Å²) in [5, 5.41) is 3.11. The molecule has 2 aliphatic heterocycles. The van der Waals surface area contributed by atoms with Crippen LogP contribution in [0.25, 0.3) is 11.1 Å². The summed E-state index contributed by atoms with van der Waals surface area (Å²) >= 11 is 0. The van der Waals surface area contributed by atoms with Crippen LogP contribution in [0.2, 0.25) is 0 Å². The summed E-state index contributed by atoms with van der Waals surface area (Å²) < 4.78 is 27.1. The summed E-state index contributed by atoms with van der Waals surface area (Å²) in [6.07, 6.45) is 5.57. The Kier molecular flexibility index (Phi) is 11.5. The predicted molar refractivity (Wildman–Crippen MR) is 182 cm³/mol. The Morgan fingerprint density at radius 1 is 0.957 bits per heavy atom. The van der Waals surface area contributed by atoms with Gasteiger partial charge < -0.3 is 25.4 Å². The minimum Gasteiger partial charge on any atom is -0.437 e. The molecule has 1 aromatic heterocycles. The van der Waals surface area contributed by atoms with Crippen molar-refractivity contribution in [1.29, 1.82) is 0 Å². The highest BCUT2D eigenvalue weighted by Crippen LogP contribution is 2.39. The van der Waals surface area contributed by atoms with Crippen LogP contribution in [0.5, 0.6) is 11.6 Å². The van der Waals surface area contributed by atoms with Gasteiger partial charge in [-0.05, 0) is 55.8 Å². The zero-order valence-corrected chi connectivity index (χ0v) is 27.6. The molecule has 0 spiro atoms. The fraction of sp³-hybridized carbons (Fsp3) is 0.514. The van der Waals surface area contributed by atoms with Crippen molar-refractivity contribution in [3.05, 3.63) is 77.2 Å². The monoisotopic (exact) mass is 644 g/mol. The van der Waals surface area contributed by atoms with Gasteiger partial charge in [-0.1, -0.05) is 49.4 Å². The number of amides is 1. The summed E-state index contributed by atoms with van der Waals surface area (Å²) in [6.45, 7) is 11.6. The fourth-order valence-electron chi connectivity index (χ4n) is 6.98. The van der Waals surface area contributed by atoms with E-state index in [4.69, 9.17) is 15.2 Å². The Bertz CT molecular complexity index is 1470. The number of nitrogens with two attached hydrogens (primary N) is 1. The molecule has 0 bridgehead atoms. The number of hydrogen-bond donors (Lipinski definition) is 2. The van der Waals surface area contributed by atoms with E-state index in [0.717, 1.165) is 106 Å². The number of ether oxygens (including phenoxy) is 2. The van der Waals surface area contributed by atoms with Gasteiger partial charge in [0.05, 0.1) is 19.4 Å². The van der Waals surface area contributed by atoms with Gasteiger partial charge in [-0.3, -0.25) is 14.6 Å². The zero-order valence-electron chi connectivity index (χ0n) is 27.6. The van der Waals surface area contributed by atoms with Crippen LogP contribution in [0.1, 0.15) is 60.5 Å². The lowest BCUT2D eigenvalue weighted by molar-refractivity contribution is 0.0339. The van der Waals surface area contributed by atoms with Crippen molar-refractivity contribution < 1.29 is 18.7 Å². The van der Waals surface area contributed by atoms with E-state index in [9.17, 15) is 9.18 Å². The van der Waals surface area contributed by atoms with Gasteiger partial charge in [-0.15, -0.1) is 0 Å². The van der Waals surface area contributed by atoms with Gasteiger partial charge in [0.25, 0.3) is 5.91 Å². The molecule has 0 atom stereocenters. The number of morpholine rings is 1. The fourth-order valence-corrected chi connectivity index (χ4v) is 6.98. The zero-order chi connectivity index (χ0) is 32.6. The highest BCUT2D eigenvalue weighted by molar-refractivity contribution is 5.96. The third kappa shape index (κ3) is 8.74. The number of piperazine rings is 1. The van der Waals surface area contributed by atoms with Gasteiger partial charge >= 0.3 is 0 Å². The number of carbonyl (C=O) groups excluding carboxylic acids is 1. The first-order valence-corrected chi connectivity index (χ1v) is 17.3. The molecule has 47 heavy (non-hydrogen) atoms. The van der Waals surface area contributed by atoms with Crippen molar-refractivity contribution in [3.63, 3.8) is 0 Å². The molecule has 1 saturated carbocycles. The standard InChI is InChI=1S/C37H49FN6O3/c1-2-14-42-15-17-43(18-16-42)26-34-32(27-6-4-3-5-7-27)13-8-28(25-44-19-21-46-22-20-44)35(34)47-37-33(23-29(38)24-40-37)36(45)41-31-11-9-30(39)10-12-31/h3-8,13,23-24,30-31H,2,9-12,14-22,25-26,39H2,1H3,(H,41,45). The average Bonchev–Trinajstić information content (AvgIpc) is 3.09. The maximum atomic E-state index is 14.7. The lowest BCUT2D eigenvalue weighted by Gasteiger charge is -2.35. The van der Waals surface area contributed by atoms with E-state index < -0.39 is 5.82 Å². The Morgan fingerprint density at radius 3 is 2.38 bits per heavy atom. The number of halogens is 1. The minimum absolute atomic E-state index is 0.0151. The maximum Gasteiger partial charge on any atom is 0.257 e. The largest absolute Gasteiger partial charge is 0.437 e. The van der Waals surface area contributed by atoms with Crippen LogP contribution in [0, 0.1) is 5.82 Å². The van der Waals surface area contributed by atoms with Crippen LogP contribution in [-0.2, 0) is 17.8 Å². The van der Waals surface area contributed by atoms with Crippen molar-refractivity contribution in [2.75, 3.05) is 59.0 Å². The third-order valence-corrected chi connectivity index (χ3v) is 9.68. The number of pyridine rings is 1. The van der Waals surface area contributed by atoms with E-state index in [1.807, 2.05) is 18.2 Å². The summed E-state index contributed by atoms with van der Waals surface area (Å²) in [7, 11) is 0. The molecule has 3 heterocycles. The Labute approximate surface area is 278 Å². The number of carbonyl (C=O) groups is 1. The molecule has 1 aliphatic carbocycles. The molecule has 9 nitrogen and oxygen atoms in total. The van der Waals surface area contributed by atoms with Gasteiger partial charge in [0.1, 0.15) is 17.1 Å². The second-order valence-corrected chi connectivity index (χ2v) is 13.1. The molecule has 1 amide bonds. The number of rotatable bonds is 11. The molecule has 2 saturated heterocycles. The van der Waals surface area contributed by atoms with Crippen LogP contribution < -0.4 is 15.8 Å². The first kappa shape index (κ1) is 33.5. The lowest BCUT2D eigenvalue weighted by Crippen LogP contribution is -2.46. The Balaban J connectivity index is 1.38. The number of nitrogens with zero attached hydrogens (tertiary/aromatic N) is 4. The summed E-state index contributed by atoms with van der Waals surface area (Å²) in [6, 6.07) is 16.1. The number of nitrogens with one attached hydrogen (secondary N) is 1. The molecule has 0 radical (unpaired) electrons. The average molecular weight is 645 g/mol. The molecule has 2 aromatic carbocycles. The molecule has 3 N–H and O–H groups in total. The van der Waals surface area contributed by atoms with E-state index in [1.165, 1.54) is 6.07 Å². The minimum atomic E-state index is -0.579. The predicted octanol–water partition coefficient (Wildman–Crippen LogP) is 5.04. The molecule has 6 rings (SSSR count). The highest BCUT2D eigenvalue weighted by Gasteiger charge is 2.27. The molecule has 3 aliphatic rings. The molecule has 10 heteroatoms. The second kappa shape index (κ2) is 16.1. The van der Waals surface area contributed by atoms with Crippen molar-refractivity contribution in [3.8, 4) is 22.8 Å². The van der Waals surface area contributed by atoms with E-state index >= 15 is 0 Å². The van der Waals surface area contributed by atoms with Crippen molar-refractivity contribution in [1.82, 2.24) is 25.0 Å². The SMILES string of the molecule is CCCN1CCN(Cc2c(-c3ccccc3)ccc(CN3CCOCC3)c2Oc2ncc(F)cc2C(=O)NC2CCC(N)CC2)CC1. The first-order valence-electron chi connectivity index (χ1n) is 17.3. The highest BCUT2D eigenvalue weighted by atomic mass is 19.1. The van der Waals surface area contributed by atoms with Gasteiger partial charge in [0, 0.05) is 75.6 Å². The van der Waals surface area contributed by atoms with Crippen LogP contribution in [0.4, 0.5) is 4.39 Å². The van der Waals surface area contributed by atoms with E-state index in [-0.39, 0.29) is 29.4 Å². The van der Waals surface area contributed by atoms with E-state index in [2.05, 4.69) is 56.2 Å². The topological polar surface area (TPSA) is 96.2 Å². The molecule has 252 valence electrons. The van der Waals surface area contributed by atoms with E-state index in [1.54, 1.807) is 0 Å². The molecule has 3 fully saturated rings. The summed E-state index contributed by atoms with van der Waals surface area (Å²) in [5.74, 6) is -0.163. The number of hydrogen-bond acceptors (Lipinski definition) is 8. The van der Waals surface area contributed by atoms with Crippen LogP contribution in [-0.4, -0.2) is 96.7 Å². The van der Waals surface area contributed by atoms with Crippen LogP contribution in [0.3, 0.4) is 0 Å². The van der Waals surface area contributed by atoms with Crippen LogP contribution in [0.15, 0.2) is 54.7 Å². The van der Waals surface area contributed by atoms with Crippen molar-refractivity contribution in [2.45, 2.75) is 64.2 Å². The maximum absolute atomic E-state index is 14.7. The van der Waals surface area contributed by atoms with Gasteiger partial charge in [-0.25, -0.2) is 9.37 Å². The second-order valence-electron chi connectivity index (χ2n) is 13.1. The normalized spacial score (nSPS) is 21.4. The van der Waals surface area contributed by atoms with Gasteiger partial charge in [-0.2, -0.15) is 0 Å². The quantitative estimate of drug-likeness (QED) is 0.300. The Hall–Kier alpha value is -3.41. The smallest absolute Gasteiger partial charge is 0.257 e. The third-order valence-electron chi connectivity index (χ3n) is 9.68.